The van der Waals surface area contributed by atoms with Crippen molar-refractivity contribution in [3.63, 3.8) is 0 Å². The predicted octanol–water partition coefficient (Wildman–Crippen LogP) is 1.78. The van der Waals surface area contributed by atoms with Gasteiger partial charge in [0.2, 0.25) is 0 Å². The Morgan fingerprint density at radius 3 is 2.83 bits per heavy atom. The summed E-state index contributed by atoms with van der Waals surface area (Å²) in [5.41, 5.74) is 0. The van der Waals surface area contributed by atoms with E-state index in [4.69, 9.17) is 9.47 Å². The molecule has 2 aromatic rings. The van der Waals surface area contributed by atoms with Gasteiger partial charge in [0, 0.05) is 12.4 Å². The quantitative estimate of drug-likeness (QED) is 0.729. The zero-order chi connectivity index (χ0) is 12.8. The molecule has 0 amide bonds. The van der Waals surface area contributed by atoms with Gasteiger partial charge in [-0.2, -0.15) is 0 Å². The van der Waals surface area contributed by atoms with E-state index in [1.54, 1.807) is 24.1 Å². The summed E-state index contributed by atoms with van der Waals surface area (Å²) in [6.45, 7) is 1.00. The number of hydrogen-bond acceptors (Lipinski definition) is 4. The van der Waals surface area contributed by atoms with Crippen molar-refractivity contribution in [1.29, 1.82) is 0 Å². The molecule has 1 aromatic carbocycles. The normalized spacial score (nSPS) is 10.1. The van der Waals surface area contributed by atoms with Crippen molar-refractivity contribution in [2.45, 2.75) is 6.54 Å². The smallest absolute Gasteiger partial charge is 0.185 e. The van der Waals surface area contributed by atoms with Gasteiger partial charge in [-0.15, -0.1) is 0 Å². The van der Waals surface area contributed by atoms with Gasteiger partial charge in [0.25, 0.3) is 0 Å². The van der Waals surface area contributed by atoms with Crippen molar-refractivity contribution in [1.82, 2.24) is 9.55 Å². The van der Waals surface area contributed by atoms with E-state index < -0.39 is 0 Å². The Hall–Kier alpha value is -2.30. The molecule has 0 bridgehead atoms. The van der Waals surface area contributed by atoms with Crippen LogP contribution in [0.1, 0.15) is 10.6 Å². The molecule has 1 aromatic heterocycles. The first-order valence-electron chi connectivity index (χ1n) is 5.57. The van der Waals surface area contributed by atoms with E-state index >= 15 is 0 Å². The van der Waals surface area contributed by atoms with Gasteiger partial charge >= 0.3 is 0 Å². The molecule has 0 saturated carbocycles. The average molecular weight is 246 g/mol. The second kappa shape index (κ2) is 5.86. The number of carbonyl (C=O) groups excluding carboxylic acids is 1. The molecule has 1 heterocycles. The topological polar surface area (TPSA) is 53.4 Å². The Labute approximate surface area is 105 Å². The summed E-state index contributed by atoms with van der Waals surface area (Å²) in [7, 11) is 1.60. The van der Waals surface area contributed by atoms with E-state index in [9.17, 15) is 4.79 Å². The lowest BCUT2D eigenvalue weighted by Crippen LogP contribution is -2.10. The Morgan fingerprint density at radius 2 is 2.11 bits per heavy atom. The summed E-state index contributed by atoms with van der Waals surface area (Å²) in [4.78, 5) is 14.6. The van der Waals surface area contributed by atoms with Gasteiger partial charge in [0.05, 0.1) is 13.7 Å². The van der Waals surface area contributed by atoms with Crippen molar-refractivity contribution >= 4 is 6.29 Å². The Kier molecular flexibility index (Phi) is 3.96. The van der Waals surface area contributed by atoms with Crippen LogP contribution in [-0.2, 0) is 6.54 Å². The van der Waals surface area contributed by atoms with Crippen molar-refractivity contribution in [3.05, 3.63) is 42.5 Å². The van der Waals surface area contributed by atoms with Crippen LogP contribution in [0.4, 0.5) is 0 Å². The van der Waals surface area contributed by atoms with E-state index in [0.717, 1.165) is 6.29 Å². The zero-order valence-electron chi connectivity index (χ0n) is 10.1. The third-order valence-corrected chi connectivity index (χ3v) is 2.51. The van der Waals surface area contributed by atoms with Gasteiger partial charge in [0.1, 0.15) is 6.61 Å². The van der Waals surface area contributed by atoms with Crippen LogP contribution in [0.3, 0.4) is 0 Å². The highest BCUT2D eigenvalue weighted by Crippen LogP contribution is 2.25. The molecule has 0 saturated heterocycles. The Bertz CT molecular complexity index is 522. The minimum Gasteiger partial charge on any atom is -0.493 e. The predicted molar refractivity (Wildman–Crippen MR) is 66.1 cm³/mol. The van der Waals surface area contributed by atoms with E-state index in [2.05, 4.69) is 4.98 Å². The Balaban J connectivity index is 1.94. The molecule has 0 spiro atoms. The average Bonchev–Trinajstić information content (AvgIpc) is 2.87. The third-order valence-electron chi connectivity index (χ3n) is 2.51. The van der Waals surface area contributed by atoms with Crippen LogP contribution in [0.15, 0.2) is 36.7 Å². The van der Waals surface area contributed by atoms with Crippen LogP contribution in [0.2, 0.25) is 0 Å². The minimum absolute atomic E-state index is 0.402. The monoisotopic (exact) mass is 246 g/mol. The Morgan fingerprint density at radius 1 is 1.33 bits per heavy atom. The largest absolute Gasteiger partial charge is 0.493 e. The molecule has 0 fully saturated rings. The molecular formula is C13H14N2O3. The van der Waals surface area contributed by atoms with Gasteiger partial charge < -0.3 is 14.0 Å². The maximum atomic E-state index is 10.7. The number of carbonyl (C=O) groups is 1. The van der Waals surface area contributed by atoms with Crippen molar-refractivity contribution in [2.24, 2.45) is 0 Å². The zero-order valence-corrected chi connectivity index (χ0v) is 10.1. The third kappa shape index (κ3) is 2.68. The molecular weight excluding hydrogens is 232 g/mol. The van der Waals surface area contributed by atoms with Crippen molar-refractivity contribution < 1.29 is 14.3 Å². The SMILES string of the molecule is COc1ccccc1OCCn1ccnc1C=O. The van der Waals surface area contributed by atoms with Crippen LogP contribution < -0.4 is 9.47 Å². The summed E-state index contributed by atoms with van der Waals surface area (Å²) >= 11 is 0. The molecule has 0 aliphatic heterocycles. The lowest BCUT2D eigenvalue weighted by Gasteiger charge is -2.10. The van der Waals surface area contributed by atoms with Crippen LogP contribution >= 0.6 is 0 Å². The van der Waals surface area contributed by atoms with E-state index in [1.165, 1.54) is 0 Å². The molecule has 2 rings (SSSR count). The van der Waals surface area contributed by atoms with Gasteiger partial charge in [-0.3, -0.25) is 4.79 Å². The molecule has 5 nitrogen and oxygen atoms in total. The molecule has 5 heteroatoms. The molecule has 94 valence electrons. The van der Waals surface area contributed by atoms with E-state index in [1.807, 2.05) is 24.3 Å². The number of rotatable bonds is 6. The number of methoxy groups -OCH3 is 1. The number of ether oxygens (including phenoxy) is 2. The van der Waals surface area contributed by atoms with Gasteiger partial charge in [-0.25, -0.2) is 4.98 Å². The number of hydrogen-bond donors (Lipinski definition) is 0. The minimum atomic E-state index is 0.402. The van der Waals surface area contributed by atoms with Crippen LogP contribution in [0.25, 0.3) is 0 Å². The number of benzene rings is 1. The lowest BCUT2D eigenvalue weighted by atomic mass is 10.3. The van der Waals surface area contributed by atoms with Crippen LogP contribution in [0, 0.1) is 0 Å². The number of para-hydroxylation sites is 2. The number of nitrogens with zero attached hydrogens (tertiary/aromatic N) is 2. The molecule has 0 aliphatic carbocycles. The second-order valence-corrected chi connectivity index (χ2v) is 3.60. The first kappa shape index (κ1) is 12.2. The lowest BCUT2D eigenvalue weighted by molar-refractivity contribution is 0.111. The van der Waals surface area contributed by atoms with E-state index in [0.29, 0.717) is 30.5 Å². The summed E-state index contributed by atoms with van der Waals surface area (Å²) in [5.74, 6) is 1.78. The number of aromatic nitrogens is 2. The molecule has 0 aliphatic rings. The van der Waals surface area contributed by atoms with Gasteiger partial charge in [0.15, 0.2) is 23.6 Å². The highest BCUT2D eigenvalue weighted by Gasteiger charge is 2.04. The highest BCUT2D eigenvalue weighted by molar-refractivity contribution is 5.69. The number of aldehydes is 1. The standard InChI is InChI=1S/C13H14N2O3/c1-17-11-4-2-3-5-12(11)18-9-8-15-7-6-14-13(15)10-16/h2-7,10H,8-9H2,1H3. The fourth-order valence-corrected chi connectivity index (χ4v) is 1.62. The van der Waals surface area contributed by atoms with Crippen molar-refractivity contribution in [3.8, 4) is 11.5 Å². The first-order valence-corrected chi connectivity index (χ1v) is 5.57. The van der Waals surface area contributed by atoms with Crippen LogP contribution in [-0.4, -0.2) is 29.6 Å². The highest BCUT2D eigenvalue weighted by atomic mass is 16.5. The first-order chi connectivity index (χ1) is 8.85. The van der Waals surface area contributed by atoms with Crippen molar-refractivity contribution in [2.75, 3.05) is 13.7 Å². The molecule has 0 radical (unpaired) electrons. The van der Waals surface area contributed by atoms with Crippen LogP contribution in [0.5, 0.6) is 11.5 Å². The summed E-state index contributed by atoms with van der Waals surface area (Å²) < 4.78 is 12.5. The molecule has 18 heavy (non-hydrogen) atoms. The van der Waals surface area contributed by atoms with E-state index in [-0.39, 0.29) is 0 Å². The molecule has 0 atom stereocenters. The fourth-order valence-electron chi connectivity index (χ4n) is 1.62. The fraction of sp³-hybridized carbons (Fsp3) is 0.231. The maximum Gasteiger partial charge on any atom is 0.185 e. The summed E-state index contributed by atoms with van der Waals surface area (Å²) in [6, 6.07) is 7.44. The maximum absolute atomic E-state index is 10.7. The summed E-state index contributed by atoms with van der Waals surface area (Å²) in [5, 5.41) is 0. The molecule has 0 unspecified atom stereocenters. The van der Waals surface area contributed by atoms with Gasteiger partial charge in [-0.1, -0.05) is 12.1 Å². The number of imidazole rings is 1. The second-order valence-electron chi connectivity index (χ2n) is 3.60. The summed E-state index contributed by atoms with van der Waals surface area (Å²) in [6.07, 6.45) is 4.06. The van der Waals surface area contributed by atoms with Gasteiger partial charge in [-0.05, 0) is 12.1 Å². The molecule has 0 N–H and O–H groups in total.